The zero-order valence-corrected chi connectivity index (χ0v) is 11.4. The van der Waals surface area contributed by atoms with Crippen molar-refractivity contribution in [2.75, 3.05) is 0 Å². The van der Waals surface area contributed by atoms with Gasteiger partial charge in [-0.3, -0.25) is 0 Å². The minimum atomic E-state index is -0.372. The quantitative estimate of drug-likeness (QED) is 0.799. The van der Waals surface area contributed by atoms with Crippen LogP contribution in [0.1, 0.15) is 40.4 Å². The second-order valence-electron chi connectivity index (χ2n) is 5.33. The third-order valence-electron chi connectivity index (χ3n) is 4.05. The van der Waals surface area contributed by atoms with E-state index in [9.17, 15) is 0 Å². The van der Waals surface area contributed by atoms with Crippen LogP contribution in [-0.4, -0.2) is 10.1 Å². The molecule has 4 rings (SSSR count). The summed E-state index contributed by atoms with van der Waals surface area (Å²) in [6, 6.07) is 17.8. The van der Waals surface area contributed by atoms with Gasteiger partial charge in [0.05, 0.1) is 5.92 Å². The second kappa shape index (κ2) is 4.82. The summed E-state index contributed by atoms with van der Waals surface area (Å²) in [5.41, 5.74) is 9.81. The molecule has 0 saturated heterocycles. The number of fused-ring (bicyclic) bond motifs is 1. The van der Waals surface area contributed by atoms with E-state index in [2.05, 4.69) is 28.3 Å². The molecule has 0 bridgehead atoms. The van der Waals surface area contributed by atoms with E-state index < -0.39 is 0 Å². The molecule has 4 heteroatoms. The van der Waals surface area contributed by atoms with E-state index in [1.807, 2.05) is 36.4 Å². The number of hydrogen-bond donors (Lipinski definition) is 1. The summed E-state index contributed by atoms with van der Waals surface area (Å²) in [5.74, 6) is 1.44. The number of hydrogen-bond acceptors (Lipinski definition) is 4. The Morgan fingerprint density at radius 3 is 2.62 bits per heavy atom. The van der Waals surface area contributed by atoms with E-state index in [1.54, 1.807) is 0 Å². The normalized spacial score (nSPS) is 17.9. The zero-order valence-electron chi connectivity index (χ0n) is 11.4. The van der Waals surface area contributed by atoms with Crippen molar-refractivity contribution >= 4 is 0 Å². The predicted octanol–water partition coefficient (Wildman–Crippen LogP) is 2.81. The topological polar surface area (TPSA) is 64.9 Å². The van der Waals surface area contributed by atoms with Gasteiger partial charge in [0.2, 0.25) is 5.89 Å². The largest absolute Gasteiger partial charge is 0.337 e. The summed E-state index contributed by atoms with van der Waals surface area (Å²) < 4.78 is 5.37. The predicted molar refractivity (Wildman–Crippen MR) is 78.8 cm³/mol. The molecule has 1 aliphatic rings. The first kappa shape index (κ1) is 12.3. The fourth-order valence-electron chi connectivity index (χ4n) is 2.81. The van der Waals surface area contributed by atoms with Crippen LogP contribution in [0, 0.1) is 0 Å². The van der Waals surface area contributed by atoms with Gasteiger partial charge >= 0.3 is 0 Å². The molecule has 0 radical (unpaired) electrons. The SMILES string of the molecule is NC(c1ccccc1)c1nc(C2Cc3ccccc32)no1. The minimum absolute atomic E-state index is 0.238. The van der Waals surface area contributed by atoms with Gasteiger partial charge in [-0.25, -0.2) is 0 Å². The van der Waals surface area contributed by atoms with Gasteiger partial charge in [-0.05, 0) is 23.1 Å². The molecule has 104 valence electrons. The first-order chi connectivity index (χ1) is 10.3. The Labute approximate surface area is 122 Å². The maximum absolute atomic E-state index is 6.19. The van der Waals surface area contributed by atoms with E-state index in [0.29, 0.717) is 5.89 Å². The molecular weight excluding hydrogens is 262 g/mol. The van der Waals surface area contributed by atoms with Crippen molar-refractivity contribution in [3.05, 3.63) is 83.0 Å². The fourth-order valence-corrected chi connectivity index (χ4v) is 2.81. The lowest BCUT2D eigenvalue weighted by Crippen LogP contribution is -2.19. The third-order valence-corrected chi connectivity index (χ3v) is 4.05. The highest BCUT2D eigenvalue weighted by molar-refractivity contribution is 5.43. The Morgan fingerprint density at radius 1 is 1.05 bits per heavy atom. The van der Waals surface area contributed by atoms with Crippen molar-refractivity contribution in [1.29, 1.82) is 0 Å². The average molecular weight is 277 g/mol. The summed E-state index contributed by atoms with van der Waals surface area (Å²) in [6.07, 6.45) is 0.968. The van der Waals surface area contributed by atoms with Crippen LogP contribution in [0.15, 0.2) is 59.1 Å². The number of rotatable bonds is 3. The molecule has 21 heavy (non-hydrogen) atoms. The molecular formula is C17H15N3O. The minimum Gasteiger partial charge on any atom is -0.337 e. The molecule has 4 nitrogen and oxygen atoms in total. The van der Waals surface area contributed by atoms with Crippen LogP contribution in [0.4, 0.5) is 0 Å². The molecule has 3 aromatic rings. The van der Waals surface area contributed by atoms with Gasteiger partial charge < -0.3 is 10.3 Å². The van der Waals surface area contributed by atoms with E-state index in [0.717, 1.165) is 17.8 Å². The number of nitrogens with two attached hydrogens (primary N) is 1. The Kier molecular flexibility index (Phi) is 2.82. The number of benzene rings is 2. The van der Waals surface area contributed by atoms with Crippen LogP contribution in [0.5, 0.6) is 0 Å². The van der Waals surface area contributed by atoms with Crippen molar-refractivity contribution in [3.8, 4) is 0 Å². The molecule has 0 amide bonds. The molecule has 1 heterocycles. The molecule has 2 aromatic carbocycles. The molecule has 2 atom stereocenters. The van der Waals surface area contributed by atoms with E-state index in [-0.39, 0.29) is 12.0 Å². The maximum Gasteiger partial charge on any atom is 0.248 e. The maximum atomic E-state index is 6.19. The fraction of sp³-hybridized carbons (Fsp3) is 0.176. The van der Waals surface area contributed by atoms with Gasteiger partial charge in [-0.1, -0.05) is 59.8 Å². The molecule has 0 fully saturated rings. The van der Waals surface area contributed by atoms with Crippen molar-refractivity contribution in [3.63, 3.8) is 0 Å². The molecule has 0 aliphatic heterocycles. The van der Waals surface area contributed by atoms with E-state index in [1.165, 1.54) is 11.1 Å². The van der Waals surface area contributed by atoms with E-state index in [4.69, 9.17) is 10.3 Å². The molecule has 0 saturated carbocycles. The summed E-state index contributed by atoms with van der Waals surface area (Å²) in [4.78, 5) is 4.50. The third kappa shape index (κ3) is 2.04. The highest BCUT2D eigenvalue weighted by Gasteiger charge is 2.31. The molecule has 0 spiro atoms. The number of nitrogens with zero attached hydrogens (tertiary/aromatic N) is 2. The lowest BCUT2D eigenvalue weighted by atomic mass is 9.77. The van der Waals surface area contributed by atoms with Crippen LogP contribution < -0.4 is 5.73 Å². The van der Waals surface area contributed by atoms with Gasteiger partial charge in [0, 0.05) is 0 Å². The zero-order chi connectivity index (χ0) is 14.2. The van der Waals surface area contributed by atoms with Crippen molar-refractivity contribution in [2.45, 2.75) is 18.4 Å². The molecule has 1 aliphatic carbocycles. The van der Waals surface area contributed by atoms with Gasteiger partial charge in [0.25, 0.3) is 0 Å². The van der Waals surface area contributed by atoms with Crippen molar-refractivity contribution in [1.82, 2.24) is 10.1 Å². The summed E-state index contributed by atoms with van der Waals surface area (Å²) in [6.45, 7) is 0. The first-order valence-electron chi connectivity index (χ1n) is 7.05. The highest BCUT2D eigenvalue weighted by atomic mass is 16.5. The van der Waals surface area contributed by atoms with Crippen LogP contribution in [-0.2, 0) is 6.42 Å². The first-order valence-corrected chi connectivity index (χ1v) is 7.05. The van der Waals surface area contributed by atoms with Crippen molar-refractivity contribution < 1.29 is 4.52 Å². The van der Waals surface area contributed by atoms with Gasteiger partial charge in [0.15, 0.2) is 5.82 Å². The summed E-state index contributed by atoms with van der Waals surface area (Å²) in [7, 11) is 0. The van der Waals surface area contributed by atoms with Gasteiger partial charge in [-0.2, -0.15) is 4.98 Å². The molecule has 2 N–H and O–H groups in total. The monoisotopic (exact) mass is 277 g/mol. The Hall–Kier alpha value is -2.46. The average Bonchev–Trinajstić information content (AvgIpc) is 2.98. The molecule has 2 unspecified atom stereocenters. The highest BCUT2D eigenvalue weighted by Crippen LogP contribution is 2.38. The lowest BCUT2D eigenvalue weighted by molar-refractivity contribution is 0.360. The summed E-state index contributed by atoms with van der Waals surface area (Å²) in [5, 5.41) is 4.12. The Balaban J connectivity index is 1.60. The van der Waals surface area contributed by atoms with Crippen molar-refractivity contribution in [2.24, 2.45) is 5.73 Å². The Bertz CT molecular complexity index is 750. The standard InChI is InChI=1S/C17H15N3O/c18-15(11-6-2-1-3-7-11)17-19-16(20-21-17)14-10-12-8-4-5-9-13(12)14/h1-9,14-15H,10,18H2. The smallest absolute Gasteiger partial charge is 0.248 e. The van der Waals surface area contributed by atoms with Crippen LogP contribution in [0.3, 0.4) is 0 Å². The van der Waals surface area contributed by atoms with E-state index >= 15 is 0 Å². The van der Waals surface area contributed by atoms with Crippen LogP contribution in [0.2, 0.25) is 0 Å². The van der Waals surface area contributed by atoms with Crippen LogP contribution >= 0.6 is 0 Å². The lowest BCUT2D eigenvalue weighted by Gasteiger charge is -2.27. The molecule has 1 aromatic heterocycles. The van der Waals surface area contributed by atoms with Gasteiger partial charge in [-0.15, -0.1) is 0 Å². The second-order valence-corrected chi connectivity index (χ2v) is 5.33. The van der Waals surface area contributed by atoms with Gasteiger partial charge in [0.1, 0.15) is 6.04 Å². The summed E-state index contributed by atoms with van der Waals surface area (Å²) >= 11 is 0. The van der Waals surface area contributed by atoms with Crippen LogP contribution in [0.25, 0.3) is 0 Å². The number of aromatic nitrogens is 2. The Morgan fingerprint density at radius 2 is 1.81 bits per heavy atom.